The number of aliphatic hydroxyl groups is 1. The normalized spacial score (nSPS) is 23.5. The Kier molecular flexibility index (Phi) is 7.07. The third kappa shape index (κ3) is 5.49. The molecule has 0 spiro atoms. The van der Waals surface area contributed by atoms with Crippen molar-refractivity contribution in [2.24, 2.45) is 0 Å². The molecule has 5 heteroatoms. The molecule has 2 atom stereocenters. The molecule has 0 radical (unpaired) electrons. The third-order valence-electron chi connectivity index (χ3n) is 4.45. The second-order valence-electron chi connectivity index (χ2n) is 7.11. The van der Waals surface area contributed by atoms with Gasteiger partial charge in [-0.15, -0.1) is 0 Å². The van der Waals surface area contributed by atoms with Crippen molar-refractivity contribution in [1.29, 1.82) is 0 Å². The van der Waals surface area contributed by atoms with Crippen LogP contribution < -0.4 is 0 Å². The van der Waals surface area contributed by atoms with Gasteiger partial charge in [-0.1, -0.05) is 26.8 Å². The van der Waals surface area contributed by atoms with E-state index in [1.807, 2.05) is 13.0 Å². The zero-order valence-corrected chi connectivity index (χ0v) is 15.4. The van der Waals surface area contributed by atoms with Crippen LogP contribution in [0, 0.1) is 0 Å². The molecule has 0 fully saturated rings. The molecule has 1 N–H and O–H groups in total. The second-order valence-corrected chi connectivity index (χ2v) is 11.9. The third-order valence-corrected chi connectivity index (χ3v) is 8.95. The summed E-state index contributed by atoms with van der Waals surface area (Å²) >= 11 is 0. The molecule has 0 saturated heterocycles. The van der Waals surface area contributed by atoms with Crippen molar-refractivity contribution in [2.45, 2.75) is 64.5 Å². The van der Waals surface area contributed by atoms with Crippen LogP contribution in [0.2, 0.25) is 18.1 Å². The zero-order chi connectivity index (χ0) is 16.1. The predicted octanol–water partition coefficient (Wildman–Crippen LogP) is 3.12. The summed E-state index contributed by atoms with van der Waals surface area (Å²) in [5.41, 5.74) is 0.940. The van der Waals surface area contributed by atoms with E-state index in [9.17, 15) is 5.11 Å². The Morgan fingerprint density at radius 2 is 1.95 bits per heavy atom. The van der Waals surface area contributed by atoms with Gasteiger partial charge in [0.1, 0.15) is 0 Å². The maximum Gasteiger partial charge on any atom is 0.192 e. The summed E-state index contributed by atoms with van der Waals surface area (Å²) in [4.78, 5) is 0. The highest BCUT2D eigenvalue weighted by Crippen LogP contribution is 2.39. The summed E-state index contributed by atoms with van der Waals surface area (Å²) in [5, 5.41) is 9.68. The van der Waals surface area contributed by atoms with Crippen LogP contribution in [0.1, 0.15) is 34.1 Å². The molecule has 0 saturated carbocycles. The van der Waals surface area contributed by atoms with Crippen molar-refractivity contribution >= 4 is 8.32 Å². The van der Waals surface area contributed by atoms with E-state index in [-0.39, 0.29) is 23.9 Å². The first-order chi connectivity index (χ1) is 9.71. The fraction of sp³-hybridized carbons (Fsp3) is 0.875. The highest BCUT2D eigenvalue weighted by Gasteiger charge is 2.40. The first-order valence-electron chi connectivity index (χ1n) is 7.90. The molecule has 21 heavy (non-hydrogen) atoms. The smallest absolute Gasteiger partial charge is 0.192 e. The Bertz CT molecular complexity index is 347. The Labute approximate surface area is 130 Å². The first kappa shape index (κ1) is 18.8. The van der Waals surface area contributed by atoms with Crippen molar-refractivity contribution in [3.05, 3.63) is 11.6 Å². The van der Waals surface area contributed by atoms with Gasteiger partial charge in [0, 0.05) is 13.0 Å². The molecule has 1 aliphatic rings. The number of rotatable bonds is 8. The molecule has 4 nitrogen and oxygen atoms in total. The van der Waals surface area contributed by atoms with Crippen LogP contribution in [0.5, 0.6) is 0 Å². The summed E-state index contributed by atoms with van der Waals surface area (Å²) in [6.45, 7) is 15.1. The van der Waals surface area contributed by atoms with Gasteiger partial charge in [0.2, 0.25) is 0 Å². The van der Waals surface area contributed by atoms with Gasteiger partial charge in [0.15, 0.2) is 8.32 Å². The van der Waals surface area contributed by atoms with E-state index in [1.165, 1.54) is 0 Å². The van der Waals surface area contributed by atoms with Crippen molar-refractivity contribution in [1.82, 2.24) is 0 Å². The van der Waals surface area contributed by atoms with Crippen LogP contribution in [0.15, 0.2) is 11.6 Å². The lowest BCUT2D eigenvalue weighted by Crippen LogP contribution is -2.43. The molecule has 0 unspecified atom stereocenters. The molecule has 0 bridgehead atoms. The standard InChI is InChI=1S/C16H32O4Si/c1-7-18-8-9-19-15-11-14(10-13(15)12-17)20-21(5,6)16(2,3)4/h10,14-15,17H,7-9,11-12H2,1-6H3/t14-,15-/m0/s1. The molecule has 0 aliphatic heterocycles. The lowest BCUT2D eigenvalue weighted by molar-refractivity contribution is 0.0117. The minimum Gasteiger partial charge on any atom is -0.410 e. The topological polar surface area (TPSA) is 47.9 Å². The Morgan fingerprint density at radius 1 is 1.29 bits per heavy atom. The second kappa shape index (κ2) is 7.88. The van der Waals surface area contributed by atoms with Gasteiger partial charge in [0.25, 0.3) is 0 Å². The molecule has 0 heterocycles. The van der Waals surface area contributed by atoms with Gasteiger partial charge in [-0.3, -0.25) is 0 Å². The van der Waals surface area contributed by atoms with Gasteiger partial charge in [-0.2, -0.15) is 0 Å². The molecular weight excluding hydrogens is 284 g/mol. The van der Waals surface area contributed by atoms with Crippen LogP contribution in [0.25, 0.3) is 0 Å². The van der Waals surface area contributed by atoms with Crippen LogP contribution in [-0.4, -0.2) is 52.1 Å². The maximum atomic E-state index is 9.49. The van der Waals surface area contributed by atoms with E-state index in [4.69, 9.17) is 13.9 Å². The highest BCUT2D eigenvalue weighted by molar-refractivity contribution is 6.74. The minimum absolute atomic E-state index is 0.0368. The van der Waals surface area contributed by atoms with E-state index in [2.05, 4.69) is 33.9 Å². The first-order valence-corrected chi connectivity index (χ1v) is 10.8. The molecule has 0 aromatic rings. The summed E-state index contributed by atoms with van der Waals surface area (Å²) < 4.78 is 17.5. The van der Waals surface area contributed by atoms with Gasteiger partial charge in [-0.25, -0.2) is 0 Å². The lowest BCUT2D eigenvalue weighted by Gasteiger charge is -2.38. The van der Waals surface area contributed by atoms with E-state index in [0.29, 0.717) is 19.8 Å². The molecule has 0 aromatic carbocycles. The van der Waals surface area contributed by atoms with Crippen LogP contribution in [-0.2, 0) is 13.9 Å². The van der Waals surface area contributed by atoms with Gasteiger partial charge in [-0.05, 0) is 30.6 Å². The van der Waals surface area contributed by atoms with Crippen molar-refractivity contribution in [3.8, 4) is 0 Å². The average Bonchev–Trinajstić information content (AvgIpc) is 2.74. The Morgan fingerprint density at radius 3 is 2.48 bits per heavy atom. The maximum absolute atomic E-state index is 9.49. The van der Waals surface area contributed by atoms with Gasteiger partial charge in [0.05, 0.1) is 32.0 Å². The predicted molar refractivity (Wildman–Crippen MR) is 88.1 cm³/mol. The summed E-state index contributed by atoms with van der Waals surface area (Å²) in [6.07, 6.45) is 2.87. The highest BCUT2D eigenvalue weighted by atomic mass is 28.4. The number of ether oxygens (including phenoxy) is 2. The van der Waals surface area contributed by atoms with E-state index in [1.54, 1.807) is 0 Å². The fourth-order valence-electron chi connectivity index (χ4n) is 2.14. The molecular formula is C16H32O4Si. The van der Waals surface area contributed by atoms with Crippen LogP contribution in [0.4, 0.5) is 0 Å². The molecule has 1 rings (SSSR count). The van der Waals surface area contributed by atoms with E-state index < -0.39 is 8.32 Å². The Hall–Kier alpha value is -0.203. The van der Waals surface area contributed by atoms with E-state index >= 15 is 0 Å². The van der Waals surface area contributed by atoms with Crippen molar-refractivity contribution < 1.29 is 19.0 Å². The Balaban J connectivity index is 2.55. The molecule has 0 amide bonds. The van der Waals surface area contributed by atoms with Gasteiger partial charge >= 0.3 is 0 Å². The zero-order valence-electron chi connectivity index (χ0n) is 14.4. The largest absolute Gasteiger partial charge is 0.410 e. The SMILES string of the molecule is CCOCCO[C@H]1C[C@@H](O[Si](C)(C)C(C)(C)C)C=C1CO. The number of hydrogen-bond acceptors (Lipinski definition) is 4. The monoisotopic (exact) mass is 316 g/mol. The number of hydrogen-bond donors (Lipinski definition) is 1. The molecule has 124 valence electrons. The average molecular weight is 317 g/mol. The van der Waals surface area contributed by atoms with Gasteiger partial charge < -0.3 is 19.0 Å². The summed E-state index contributed by atoms with van der Waals surface area (Å²) in [5.74, 6) is 0. The van der Waals surface area contributed by atoms with Crippen molar-refractivity contribution in [2.75, 3.05) is 26.4 Å². The summed E-state index contributed by atoms with van der Waals surface area (Å²) in [7, 11) is -1.79. The minimum atomic E-state index is -1.79. The quantitative estimate of drug-likeness (QED) is 0.425. The van der Waals surface area contributed by atoms with Crippen molar-refractivity contribution in [3.63, 3.8) is 0 Å². The van der Waals surface area contributed by atoms with E-state index in [0.717, 1.165) is 12.0 Å². The lowest BCUT2D eigenvalue weighted by atomic mass is 10.2. The molecule has 0 aromatic heterocycles. The molecule has 1 aliphatic carbocycles. The fourth-order valence-corrected chi connectivity index (χ4v) is 3.41. The summed E-state index contributed by atoms with van der Waals surface area (Å²) in [6, 6.07) is 0. The number of aliphatic hydroxyl groups excluding tert-OH is 1. The van der Waals surface area contributed by atoms with Crippen LogP contribution >= 0.6 is 0 Å². The van der Waals surface area contributed by atoms with Crippen LogP contribution in [0.3, 0.4) is 0 Å².